The molecular weight excluding hydrogens is 401 g/mol. The van der Waals surface area contributed by atoms with Crippen molar-refractivity contribution in [3.63, 3.8) is 0 Å². The molecule has 1 N–H and O–H groups in total. The number of halogens is 3. The summed E-state index contributed by atoms with van der Waals surface area (Å²) in [6.07, 6.45) is -4.30. The lowest BCUT2D eigenvalue weighted by Crippen LogP contribution is -2.49. The lowest BCUT2D eigenvalue weighted by atomic mass is 9.90. The number of fused-ring (bicyclic) bond motifs is 5. The predicted molar refractivity (Wildman–Crippen MR) is 105 cm³/mol. The van der Waals surface area contributed by atoms with Crippen LogP contribution in [0.4, 0.5) is 35.9 Å². The van der Waals surface area contributed by atoms with E-state index in [9.17, 15) is 28.1 Å². The number of para-hydroxylation sites is 1. The minimum Gasteiger partial charge on any atom is -0.363 e. The number of nitro benzene ring substituents is 1. The van der Waals surface area contributed by atoms with Gasteiger partial charge in [-0.2, -0.15) is 13.2 Å². The van der Waals surface area contributed by atoms with Crippen LogP contribution in [0.3, 0.4) is 0 Å². The number of carbonyl (C=O) groups is 1. The number of carbonyl (C=O) groups excluding carboxylic acids is 1. The van der Waals surface area contributed by atoms with Crippen LogP contribution >= 0.6 is 0 Å². The molecule has 10 heteroatoms. The Kier molecular flexibility index (Phi) is 4.79. The van der Waals surface area contributed by atoms with Gasteiger partial charge in [0.05, 0.1) is 22.3 Å². The summed E-state index contributed by atoms with van der Waals surface area (Å²) in [6.45, 7) is 0.403. The number of amides is 1. The van der Waals surface area contributed by atoms with E-state index in [0.29, 0.717) is 25.1 Å². The average molecular weight is 420 g/mol. The van der Waals surface area contributed by atoms with Crippen LogP contribution in [0.25, 0.3) is 0 Å². The van der Waals surface area contributed by atoms with E-state index < -0.39 is 23.0 Å². The Morgan fingerprint density at radius 2 is 1.90 bits per heavy atom. The highest BCUT2D eigenvalue weighted by Gasteiger charge is 2.42. The number of benzene rings is 2. The summed E-state index contributed by atoms with van der Waals surface area (Å²) < 4.78 is 38.1. The van der Waals surface area contributed by atoms with Crippen molar-refractivity contribution in [3.8, 4) is 0 Å². The predicted octanol–water partition coefficient (Wildman–Crippen LogP) is 4.06. The Hall–Kier alpha value is -3.30. The Bertz CT molecular complexity index is 1010. The number of rotatable bonds is 2. The topological polar surface area (TPSA) is 78.7 Å². The molecule has 7 nitrogen and oxygen atoms in total. The van der Waals surface area contributed by atoms with Gasteiger partial charge in [0.2, 0.25) is 0 Å². The van der Waals surface area contributed by atoms with Crippen molar-refractivity contribution in [1.29, 1.82) is 0 Å². The van der Waals surface area contributed by atoms with Gasteiger partial charge in [0.15, 0.2) is 0 Å². The van der Waals surface area contributed by atoms with E-state index in [2.05, 4.69) is 10.2 Å². The molecule has 0 aliphatic carbocycles. The van der Waals surface area contributed by atoms with E-state index >= 15 is 0 Å². The van der Waals surface area contributed by atoms with Crippen molar-refractivity contribution >= 4 is 28.7 Å². The van der Waals surface area contributed by atoms with E-state index in [1.54, 1.807) is 6.07 Å². The molecule has 2 aromatic rings. The van der Waals surface area contributed by atoms with Gasteiger partial charge in [-0.1, -0.05) is 18.2 Å². The molecular formula is C20H19F3N4O3. The first kappa shape index (κ1) is 20.0. The number of non-ortho nitro benzene ring substituents is 1. The number of hydrogen-bond acceptors (Lipinski definition) is 5. The molecule has 0 bridgehead atoms. The molecule has 2 aliphatic rings. The van der Waals surface area contributed by atoms with Crippen LogP contribution in [0.15, 0.2) is 42.5 Å². The van der Waals surface area contributed by atoms with Crippen molar-refractivity contribution < 1.29 is 22.9 Å². The molecule has 30 heavy (non-hydrogen) atoms. The fraction of sp³-hybridized carbons (Fsp3) is 0.350. The molecule has 0 aromatic heterocycles. The summed E-state index contributed by atoms with van der Waals surface area (Å²) in [5, 5.41) is 13.4. The maximum atomic E-state index is 12.7. The SMILES string of the molecule is CN1c2ccccc2C2CC(NC(=O)C(F)(F)F)CCN2c2ccc([N+](=O)[O-])cc21. The number of hydrogen-bond donors (Lipinski definition) is 1. The third kappa shape index (κ3) is 3.42. The van der Waals surface area contributed by atoms with E-state index in [-0.39, 0.29) is 11.7 Å². The summed E-state index contributed by atoms with van der Waals surface area (Å²) in [6, 6.07) is 11.2. The number of nitro groups is 1. The van der Waals surface area contributed by atoms with Gasteiger partial charge >= 0.3 is 12.1 Å². The zero-order chi connectivity index (χ0) is 21.6. The molecule has 1 saturated heterocycles. The maximum Gasteiger partial charge on any atom is 0.471 e. The first-order valence-corrected chi connectivity index (χ1v) is 9.42. The van der Waals surface area contributed by atoms with Gasteiger partial charge in [-0.15, -0.1) is 0 Å². The van der Waals surface area contributed by atoms with Crippen LogP contribution in [0.1, 0.15) is 24.4 Å². The Morgan fingerprint density at radius 3 is 2.60 bits per heavy atom. The molecule has 2 unspecified atom stereocenters. The minimum atomic E-state index is -4.93. The fourth-order valence-corrected chi connectivity index (χ4v) is 4.29. The molecule has 2 heterocycles. The molecule has 4 rings (SSSR count). The van der Waals surface area contributed by atoms with Crippen molar-refractivity contribution in [2.45, 2.75) is 31.1 Å². The molecule has 158 valence electrons. The second-order valence-electron chi connectivity index (χ2n) is 7.45. The third-order valence-electron chi connectivity index (χ3n) is 5.69. The van der Waals surface area contributed by atoms with Crippen LogP contribution in [-0.4, -0.2) is 36.6 Å². The van der Waals surface area contributed by atoms with Crippen molar-refractivity contribution in [2.75, 3.05) is 23.4 Å². The lowest BCUT2D eigenvalue weighted by molar-refractivity contribution is -0.384. The lowest BCUT2D eigenvalue weighted by Gasteiger charge is -2.41. The minimum absolute atomic E-state index is 0.0381. The van der Waals surface area contributed by atoms with E-state index in [0.717, 1.165) is 16.9 Å². The van der Waals surface area contributed by atoms with Crippen molar-refractivity contribution in [2.24, 2.45) is 0 Å². The Balaban J connectivity index is 1.75. The third-order valence-corrected chi connectivity index (χ3v) is 5.69. The molecule has 2 aliphatic heterocycles. The second-order valence-corrected chi connectivity index (χ2v) is 7.45. The quantitative estimate of drug-likeness (QED) is 0.586. The van der Waals surface area contributed by atoms with Crippen LogP contribution in [0, 0.1) is 10.1 Å². The zero-order valence-corrected chi connectivity index (χ0v) is 16.0. The number of piperidine rings is 1. The largest absolute Gasteiger partial charge is 0.471 e. The van der Waals surface area contributed by atoms with E-state index in [1.807, 2.05) is 36.2 Å². The summed E-state index contributed by atoms with van der Waals surface area (Å²) in [7, 11) is 1.81. The average Bonchev–Trinajstić information content (AvgIpc) is 2.81. The van der Waals surface area contributed by atoms with E-state index in [4.69, 9.17) is 0 Å². The summed E-state index contributed by atoms with van der Waals surface area (Å²) in [5.41, 5.74) is 3.09. The van der Waals surface area contributed by atoms with Gasteiger partial charge in [0.25, 0.3) is 5.69 Å². The zero-order valence-electron chi connectivity index (χ0n) is 16.0. The highest BCUT2D eigenvalue weighted by molar-refractivity contribution is 5.84. The fourth-order valence-electron chi connectivity index (χ4n) is 4.29. The highest BCUT2D eigenvalue weighted by atomic mass is 19.4. The van der Waals surface area contributed by atoms with Crippen LogP contribution in [-0.2, 0) is 4.79 Å². The number of alkyl halides is 3. The van der Waals surface area contributed by atoms with Crippen LogP contribution in [0.5, 0.6) is 0 Å². The molecule has 2 aromatic carbocycles. The van der Waals surface area contributed by atoms with Crippen LogP contribution in [0.2, 0.25) is 0 Å². The molecule has 1 amide bonds. The molecule has 0 radical (unpaired) electrons. The van der Waals surface area contributed by atoms with Crippen molar-refractivity contribution in [3.05, 3.63) is 58.1 Å². The number of anilines is 3. The van der Waals surface area contributed by atoms with Gasteiger partial charge in [0.1, 0.15) is 0 Å². The monoisotopic (exact) mass is 420 g/mol. The standard InChI is InChI=1S/C20H19F3N4O3/c1-25-15-5-3-2-4-14(15)17-10-12(24-19(28)20(21,22)23)8-9-26(17)16-7-6-13(27(29)30)11-18(16)25/h2-7,11-12,17H,8-10H2,1H3,(H,24,28). The van der Waals surface area contributed by atoms with Crippen molar-refractivity contribution in [1.82, 2.24) is 5.32 Å². The van der Waals surface area contributed by atoms with Gasteiger partial charge in [-0.05, 0) is 30.5 Å². The normalized spacial score (nSPS) is 20.5. The van der Waals surface area contributed by atoms with Gasteiger partial charge in [0, 0.05) is 37.5 Å². The maximum absolute atomic E-state index is 12.7. The molecule has 1 fully saturated rings. The summed E-state index contributed by atoms with van der Waals surface area (Å²) in [5.74, 6) is -1.93. The smallest absolute Gasteiger partial charge is 0.363 e. The first-order chi connectivity index (χ1) is 14.2. The second kappa shape index (κ2) is 7.19. The molecule has 0 saturated carbocycles. The summed E-state index contributed by atoms with van der Waals surface area (Å²) >= 11 is 0. The van der Waals surface area contributed by atoms with Gasteiger partial charge in [-0.3, -0.25) is 14.9 Å². The van der Waals surface area contributed by atoms with E-state index in [1.165, 1.54) is 12.1 Å². The Labute approximate surface area is 170 Å². The van der Waals surface area contributed by atoms with Gasteiger partial charge in [-0.25, -0.2) is 0 Å². The highest BCUT2D eigenvalue weighted by Crippen LogP contribution is 2.48. The Morgan fingerprint density at radius 1 is 1.17 bits per heavy atom. The molecule has 2 atom stereocenters. The number of nitrogens with zero attached hydrogens (tertiary/aromatic N) is 3. The number of nitrogens with one attached hydrogen (secondary N) is 1. The van der Waals surface area contributed by atoms with Crippen LogP contribution < -0.4 is 15.1 Å². The first-order valence-electron chi connectivity index (χ1n) is 9.42. The molecule has 0 spiro atoms. The van der Waals surface area contributed by atoms with Gasteiger partial charge < -0.3 is 15.1 Å². The summed E-state index contributed by atoms with van der Waals surface area (Å²) in [4.78, 5) is 26.2.